The zero-order chi connectivity index (χ0) is 18.1. The van der Waals surface area contributed by atoms with Crippen LogP contribution in [0.4, 0.5) is 5.69 Å². The molecule has 2 aliphatic heterocycles. The molecule has 0 radical (unpaired) electrons. The van der Waals surface area contributed by atoms with Gasteiger partial charge in [-0.25, -0.2) is 13.1 Å². The highest BCUT2D eigenvalue weighted by atomic mass is 35.5. The van der Waals surface area contributed by atoms with Crippen molar-refractivity contribution < 1.29 is 13.2 Å². The summed E-state index contributed by atoms with van der Waals surface area (Å²) in [7, 11) is -3.60. The largest absolute Gasteiger partial charge is 0.312 e. The van der Waals surface area contributed by atoms with Crippen molar-refractivity contribution in [2.24, 2.45) is 0 Å². The van der Waals surface area contributed by atoms with Gasteiger partial charge in [0.15, 0.2) is 0 Å². The van der Waals surface area contributed by atoms with Crippen molar-refractivity contribution in [2.75, 3.05) is 11.4 Å². The molecule has 0 unspecified atom stereocenters. The van der Waals surface area contributed by atoms with Gasteiger partial charge in [0, 0.05) is 38.3 Å². The van der Waals surface area contributed by atoms with E-state index in [1.54, 1.807) is 29.2 Å². The second-order valence-corrected chi connectivity index (χ2v) is 8.44. The van der Waals surface area contributed by atoms with Gasteiger partial charge in [-0.1, -0.05) is 18.2 Å². The molecule has 2 aliphatic rings. The van der Waals surface area contributed by atoms with Gasteiger partial charge in [-0.05, 0) is 47.4 Å². The third kappa shape index (κ3) is 4.16. The molecular weight excluding hydrogens is 386 g/mol. The molecule has 0 atom stereocenters. The summed E-state index contributed by atoms with van der Waals surface area (Å²) in [6.45, 7) is 2.64. The molecular formula is C19H22ClN3O3S. The molecule has 0 bridgehead atoms. The van der Waals surface area contributed by atoms with E-state index in [9.17, 15) is 13.2 Å². The lowest BCUT2D eigenvalue weighted by Gasteiger charge is -2.16. The SMILES string of the molecule is Cl.O=C1CCCN1c1ccc(S(=O)(=O)NCc2ccc3c(c2)CNC3)cc1. The summed E-state index contributed by atoms with van der Waals surface area (Å²) in [6.07, 6.45) is 1.40. The van der Waals surface area contributed by atoms with Gasteiger partial charge in [-0.2, -0.15) is 0 Å². The molecule has 2 aromatic carbocycles. The molecule has 2 heterocycles. The lowest BCUT2D eigenvalue weighted by atomic mass is 10.1. The van der Waals surface area contributed by atoms with Gasteiger partial charge in [0.2, 0.25) is 15.9 Å². The smallest absolute Gasteiger partial charge is 0.240 e. The van der Waals surface area contributed by atoms with E-state index in [4.69, 9.17) is 0 Å². The number of sulfonamides is 1. The van der Waals surface area contributed by atoms with Gasteiger partial charge in [0.05, 0.1) is 4.90 Å². The Labute approximate surface area is 165 Å². The van der Waals surface area contributed by atoms with Crippen LogP contribution >= 0.6 is 12.4 Å². The number of nitrogens with zero attached hydrogens (tertiary/aromatic N) is 1. The lowest BCUT2D eigenvalue weighted by Crippen LogP contribution is -2.25. The molecule has 1 amide bonds. The molecule has 2 aromatic rings. The van der Waals surface area contributed by atoms with E-state index in [0.29, 0.717) is 13.0 Å². The maximum absolute atomic E-state index is 12.5. The summed E-state index contributed by atoms with van der Waals surface area (Å²) in [5, 5.41) is 3.28. The Kier molecular flexibility index (Phi) is 5.86. The first-order chi connectivity index (χ1) is 12.5. The molecule has 6 nitrogen and oxygen atoms in total. The number of fused-ring (bicyclic) bond motifs is 1. The van der Waals surface area contributed by atoms with Gasteiger partial charge >= 0.3 is 0 Å². The van der Waals surface area contributed by atoms with Gasteiger partial charge in [0.1, 0.15) is 0 Å². The Balaban J connectivity index is 0.00000210. The summed E-state index contributed by atoms with van der Waals surface area (Å²) in [5.41, 5.74) is 4.18. The van der Waals surface area contributed by atoms with Crippen LogP contribution in [0.3, 0.4) is 0 Å². The van der Waals surface area contributed by atoms with Crippen molar-refractivity contribution in [1.29, 1.82) is 0 Å². The number of nitrogens with one attached hydrogen (secondary N) is 2. The number of hydrogen-bond donors (Lipinski definition) is 2. The Morgan fingerprint density at radius 3 is 2.48 bits per heavy atom. The predicted octanol–water partition coefficient (Wildman–Crippen LogP) is 2.32. The predicted molar refractivity (Wildman–Crippen MR) is 106 cm³/mol. The first-order valence-corrected chi connectivity index (χ1v) is 10.2. The number of anilines is 1. The third-order valence-corrected chi connectivity index (χ3v) is 6.32. The second-order valence-electron chi connectivity index (χ2n) is 6.67. The number of carbonyl (C=O) groups excluding carboxylic acids is 1. The zero-order valence-electron chi connectivity index (χ0n) is 14.8. The second kappa shape index (κ2) is 7.98. The average Bonchev–Trinajstić information content (AvgIpc) is 3.28. The monoisotopic (exact) mass is 407 g/mol. The van der Waals surface area contributed by atoms with Crippen LogP contribution in [0.2, 0.25) is 0 Å². The van der Waals surface area contributed by atoms with Crippen LogP contribution in [0, 0.1) is 0 Å². The Hall–Kier alpha value is -1.93. The van der Waals surface area contributed by atoms with Crippen LogP contribution in [-0.2, 0) is 34.5 Å². The minimum atomic E-state index is -3.60. The molecule has 0 aromatic heterocycles. The number of amides is 1. The molecule has 8 heteroatoms. The number of rotatable bonds is 5. The minimum Gasteiger partial charge on any atom is -0.312 e. The first kappa shape index (κ1) is 19.8. The topological polar surface area (TPSA) is 78.5 Å². The fraction of sp³-hybridized carbons (Fsp3) is 0.316. The molecule has 144 valence electrons. The van der Waals surface area contributed by atoms with Crippen LogP contribution in [0.15, 0.2) is 47.4 Å². The van der Waals surface area contributed by atoms with Gasteiger partial charge in [-0.15, -0.1) is 12.4 Å². The summed E-state index contributed by atoms with van der Waals surface area (Å²) in [6, 6.07) is 12.5. The molecule has 0 spiro atoms. The van der Waals surface area contributed by atoms with E-state index in [0.717, 1.165) is 30.8 Å². The summed E-state index contributed by atoms with van der Waals surface area (Å²) < 4.78 is 27.7. The number of carbonyl (C=O) groups is 1. The van der Waals surface area contributed by atoms with E-state index < -0.39 is 10.0 Å². The Bertz CT molecular complexity index is 945. The minimum absolute atomic E-state index is 0. The van der Waals surface area contributed by atoms with E-state index in [1.807, 2.05) is 18.2 Å². The van der Waals surface area contributed by atoms with Crippen molar-refractivity contribution in [2.45, 2.75) is 37.4 Å². The summed E-state index contributed by atoms with van der Waals surface area (Å²) >= 11 is 0. The van der Waals surface area contributed by atoms with Crippen molar-refractivity contribution in [3.8, 4) is 0 Å². The van der Waals surface area contributed by atoms with Gasteiger partial charge in [-0.3, -0.25) is 4.79 Å². The maximum Gasteiger partial charge on any atom is 0.240 e. The number of hydrogen-bond acceptors (Lipinski definition) is 4. The third-order valence-electron chi connectivity index (χ3n) is 4.90. The standard InChI is InChI=1S/C19H21N3O3S.ClH/c23-19-2-1-9-22(19)17-5-7-18(8-6-17)26(24,25)21-11-14-3-4-15-12-20-13-16(15)10-14;/h3-8,10,20-21H,1-2,9,11-13H2;1H. The van der Waals surface area contributed by atoms with Crippen LogP contribution in [0.25, 0.3) is 0 Å². The van der Waals surface area contributed by atoms with Crippen LogP contribution in [-0.4, -0.2) is 20.9 Å². The quantitative estimate of drug-likeness (QED) is 0.797. The Morgan fingerprint density at radius 2 is 1.78 bits per heavy atom. The maximum atomic E-state index is 12.5. The van der Waals surface area contributed by atoms with Crippen LogP contribution in [0.1, 0.15) is 29.5 Å². The summed E-state index contributed by atoms with van der Waals surface area (Å²) in [4.78, 5) is 13.7. The van der Waals surface area contributed by atoms with Gasteiger partial charge in [0.25, 0.3) is 0 Å². The molecule has 4 rings (SSSR count). The molecule has 1 saturated heterocycles. The Morgan fingerprint density at radius 1 is 1.04 bits per heavy atom. The van der Waals surface area contributed by atoms with E-state index >= 15 is 0 Å². The highest BCUT2D eigenvalue weighted by Gasteiger charge is 2.22. The average molecular weight is 408 g/mol. The normalized spacial score (nSPS) is 16.3. The molecule has 27 heavy (non-hydrogen) atoms. The van der Waals surface area contributed by atoms with Crippen LogP contribution < -0.4 is 14.9 Å². The molecule has 2 N–H and O–H groups in total. The summed E-state index contributed by atoms with van der Waals surface area (Å²) in [5.74, 6) is 0.0878. The molecule has 0 aliphatic carbocycles. The molecule has 1 fully saturated rings. The highest BCUT2D eigenvalue weighted by Crippen LogP contribution is 2.23. The van der Waals surface area contributed by atoms with Crippen molar-refractivity contribution in [1.82, 2.24) is 10.0 Å². The molecule has 0 saturated carbocycles. The van der Waals surface area contributed by atoms with E-state index in [1.165, 1.54) is 11.1 Å². The highest BCUT2D eigenvalue weighted by molar-refractivity contribution is 7.89. The van der Waals surface area contributed by atoms with Crippen LogP contribution in [0.5, 0.6) is 0 Å². The van der Waals surface area contributed by atoms with E-state index in [-0.39, 0.29) is 29.8 Å². The zero-order valence-corrected chi connectivity index (χ0v) is 16.4. The van der Waals surface area contributed by atoms with Gasteiger partial charge < -0.3 is 10.2 Å². The first-order valence-electron chi connectivity index (χ1n) is 8.74. The fourth-order valence-electron chi connectivity index (χ4n) is 3.45. The number of benzene rings is 2. The van der Waals surface area contributed by atoms with Crippen molar-refractivity contribution in [3.63, 3.8) is 0 Å². The van der Waals surface area contributed by atoms with Crippen molar-refractivity contribution >= 4 is 34.0 Å². The lowest BCUT2D eigenvalue weighted by molar-refractivity contribution is -0.117. The van der Waals surface area contributed by atoms with E-state index in [2.05, 4.69) is 10.0 Å². The number of halogens is 1. The van der Waals surface area contributed by atoms with Crippen molar-refractivity contribution in [3.05, 3.63) is 59.2 Å². The fourth-order valence-corrected chi connectivity index (χ4v) is 4.46.